The molecule has 0 spiro atoms. The van der Waals surface area contributed by atoms with E-state index in [4.69, 9.17) is 5.73 Å². The first-order chi connectivity index (χ1) is 7.58. The van der Waals surface area contributed by atoms with Crippen LogP contribution in [0.4, 0.5) is 11.4 Å². The van der Waals surface area contributed by atoms with Crippen LogP contribution in [0.15, 0.2) is 18.2 Å². The van der Waals surface area contributed by atoms with Crippen LogP contribution in [-0.2, 0) is 0 Å². The number of hydrogen-bond donors (Lipinski definition) is 1. The molecule has 1 aliphatic carbocycles. The van der Waals surface area contributed by atoms with Gasteiger partial charge in [-0.2, -0.15) is 0 Å². The highest BCUT2D eigenvalue weighted by atomic mass is 15.2. The fourth-order valence-electron chi connectivity index (χ4n) is 2.03. The third-order valence-electron chi connectivity index (χ3n) is 3.36. The van der Waals surface area contributed by atoms with Crippen LogP contribution >= 0.6 is 0 Å². The Morgan fingerprint density at radius 3 is 2.56 bits per heavy atom. The first-order valence-corrected chi connectivity index (χ1v) is 6.20. The van der Waals surface area contributed by atoms with Crippen molar-refractivity contribution in [2.24, 2.45) is 5.92 Å². The van der Waals surface area contributed by atoms with Crippen LogP contribution in [0.2, 0.25) is 0 Å². The van der Waals surface area contributed by atoms with E-state index in [0.29, 0.717) is 6.04 Å². The molecule has 1 saturated carbocycles. The van der Waals surface area contributed by atoms with Crippen molar-refractivity contribution in [1.29, 1.82) is 0 Å². The summed E-state index contributed by atoms with van der Waals surface area (Å²) in [4.78, 5) is 2.49. The molecule has 0 saturated heterocycles. The van der Waals surface area contributed by atoms with Gasteiger partial charge in [-0.3, -0.25) is 0 Å². The molecule has 0 atom stereocenters. The molecule has 88 valence electrons. The number of nitrogens with zero attached hydrogens (tertiary/aromatic N) is 1. The normalized spacial score (nSPS) is 15.5. The van der Waals surface area contributed by atoms with E-state index >= 15 is 0 Å². The summed E-state index contributed by atoms with van der Waals surface area (Å²) in [5.74, 6) is 0.917. The number of benzene rings is 1. The summed E-state index contributed by atoms with van der Waals surface area (Å²) in [5, 5.41) is 0. The van der Waals surface area contributed by atoms with E-state index in [1.807, 2.05) is 6.07 Å². The van der Waals surface area contributed by atoms with E-state index in [9.17, 15) is 0 Å². The molecule has 0 radical (unpaired) electrons. The minimum absolute atomic E-state index is 0.559. The number of anilines is 2. The summed E-state index contributed by atoms with van der Waals surface area (Å²) in [6.45, 7) is 7.79. The van der Waals surface area contributed by atoms with Crippen LogP contribution < -0.4 is 10.6 Å². The van der Waals surface area contributed by atoms with Gasteiger partial charge >= 0.3 is 0 Å². The van der Waals surface area contributed by atoms with Gasteiger partial charge in [-0.25, -0.2) is 0 Å². The zero-order valence-corrected chi connectivity index (χ0v) is 10.5. The highest BCUT2D eigenvalue weighted by Gasteiger charge is 2.25. The van der Waals surface area contributed by atoms with Crippen molar-refractivity contribution in [3.8, 4) is 0 Å². The van der Waals surface area contributed by atoms with E-state index in [0.717, 1.165) is 11.6 Å². The Hall–Kier alpha value is -1.18. The summed E-state index contributed by atoms with van der Waals surface area (Å²) in [6, 6.07) is 6.93. The van der Waals surface area contributed by atoms with E-state index < -0.39 is 0 Å². The van der Waals surface area contributed by atoms with Gasteiger partial charge < -0.3 is 10.6 Å². The highest BCUT2D eigenvalue weighted by molar-refractivity contribution is 5.58. The maximum atomic E-state index is 5.86. The Balaban J connectivity index is 2.19. The Labute approximate surface area is 98.4 Å². The molecular weight excluding hydrogens is 196 g/mol. The lowest BCUT2D eigenvalue weighted by Gasteiger charge is -2.29. The van der Waals surface area contributed by atoms with Crippen molar-refractivity contribution in [2.45, 2.75) is 39.7 Å². The highest BCUT2D eigenvalue weighted by Crippen LogP contribution is 2.33. The monoisotopic (exact) mass is 218 g/mol. The summed E-state index contributed by atoms with van der Waals surface area (Å²) in [5.41, 5.74) is 9.24. The number of nitrogen functional groups attached to an aromatic ring is 1. The lowest BCUT2D eigenvalue weighted by Crippen LogP contribution is -2.32. The molecule has 1 aromatic carbocycles. The molecule has 2 rings (SSSR count). The topological polar surface area (TPSA) is 29.3 Å². The second kappa shape index (κ2) is 4.36. The van der Waals surface area contributed by atoms with E-state index in [1.165, 1.54) is 30.6 Å². The van der Waals surface area contributed by atoms with Gasteiger partial charge in [0.2, 0.25) is 0 Å². The average molecular weight is 218 g/mol. The Morgan fingerprint density at radius 1 is 1.38 bits per heavy atom. The van der Waals surface area contributed by atoms with Crippen LogP contribution in [0.1, 0.15) is 32.3 Å². The lowest BCUT2D eigenvalue weighted by molar-refractivity contribution is 0.644. The Morgan fingerprint density at radius 2 is 2.06 bits per heavy atom. The molecule has 2 heteroatoms. The smallest absolute Gasteiger partial charge is 0.0372 e. The van der Waals surface area contributed by atoms with Gasteiger partial charge in [-0.05, 0) is 63.3 Å². The molecule has 1 aromatic rings. The first kappa shape index (κ1) is 11.3. The van der Waals surface area contributed by atoms with E-state index in [1.54, 1.807) is 0 Å². The van der Waals surface area contributed by atoms with Gasteiger partial charge in [0.25, 0.3) is 0 Å². The Bertz CT molecular complexity index is 367. The van der Waals surface area contributed by atoms with Crippen LogP contribution in [0.5, 0.6) is 0 Å². The Kier molecular flexibility index (Phi) is 3.08. The van der Waals surface area contributed by atoms with Crippen molar-refractivity contribution in [1.82, 2.24) is 0 Å². The molecular formula is C14H22N2. The fourth-order valence-corrected chi connectivity index (χ4v) is 2.03. The van der Waals surface area contributed by atoms with Crippen molar-refractivity contribution >= 4 is 11.4 Å². The molecule has 0 aromatic heterocycles. The molecule has 0 heterocycles. The van der Waals surface area contributed by atoms with Gasteiger partial charge in [0, 0.05) is 24.0 Å². The van der Waals surface area contributed by atoms with Gasteiger partial charge in [-0.1, -0.05) is 0 Å². The number of nitrogens with two attached hydrogens (primary N) is 1. The number of hydrogen-bond acceptors (Lipinski definition) is 2. The van der Waals surface area contributed by atoms with Crippen molar-refractivity contribution in [2.75, 3.05) is 17.2 Å². The number of aryl methyl sites for hydroxylation is 1. The van der Waals surface area contributed by atoms with Crippen molar-refractivity contribution in [3.05, 3.63) is 23.8 Å². The molecule has 0 aliphatic heterocycles. The molecule has 2 nitrogen and oxygen atoms in total. The lowest BCUT2D eigenvalue weighted by atomic mass is 10.1. The quantitative estimate of drug-likeness (QED) is 0.786. The van der Waals surface area contributed by atoms with Crippen molar-refractivity contribution in [3.63, 3.8) is 0 Å². The van der Waals surface area contributed by atoms with Gasteiger partial charge in [0.05, 0.1) is 0 Å². The predicted octanol–water partition coefficient (Wildman–Crippen LogP) is 3.20. The molecule has 0 bridgehead atoms. The standard InChI is InChI=1S/C14H22N2/c1-10(2)16(9-12-4-5-12)13-6-7-14(15)11(3)8-13/h6-8,10,12H,4-5,9,15H2,1-3H3. The molecule has 16 heavy (non-hydrogen) atoms. The van der Waals surface area contributed by atoms with Gasteiger partial charge in [0.1, 0.15) is 0 Å². The summed E-state index contributed by atoms with van der Waals surface area (Å²) in [6.07, 6.45) is 2.80. The largest absolute Gasteiger partial charge is 0.399 e. The average Bonchev–Trinajstić information content (AvgIpc) is 3.02. The maximum absolute atomic E-state index is 5.86. The van der Waals surface area contributed by atoms with Gasteiger partial charge in [-0.15, -0.1) is 0 Å². The minimum Gasteiger partial charge on any atom is -0.399 e. The number of rotatable bonds is 4. The third kappa shape index (κ3) is 2.49. The molecule has 2 N–H and O–H groups in total. The van der Waals surface area contributed by atoms with Crippen LogP contribution in [-0.4, -0.2) is 12.6 Å². The molecule has 1 fully saturated rings. The van der Waals surface area contributed by atoms with Crippen LogP contribution in [0.3, 0.4) is 0 Å². The predicted molar refractivity (Wildman–Crippen MR) is 70.8 cm³/mol. The first-order valence-electron chi connectivity index (χ1n) is 6.20. The van der Waals surface area contributed by atoms with Gasteiger partial charge in [0.15, 0.2) is 0 Å². The molecule has 0 amide bonds. The summed E-state index contributed by atoms with van der Waals surface area (Å²) in [7, 11) is 0. The van der Waals surface area contributed by atoms with Crippen LogP contribution in [0, 0.1) is 12.8 Å². The molecule has 1 aliphatic rings. The zero-order chi connectivity index (χ0) is 11.7. The minimum atomic E-state index is 0.559. The third-order valence-corrected chi connectivity index (χ3v) is 3.36. The maximum Gasteiger partial charge on any atom is 0.0372 e. The molecule has 0 unspecified atom stereocenters. The fraction of sp³-hybridized carbons (Fsp3) is 0.571. The summed E-state index contributed by atoms with van der Waals surface area (Å²) >= 11 is 0. The van der Waals surface area contributed by atoms with Crippen molar-refractivity contribution < 1.29 is 0 Å². The second-order valence-corrected chi connectivity index (χ2v) is 5.23. The zero-order valence-electron chi connectivity index (χ0n) is 10.5. The SMILES string of the molecule is Cc1cc(N(CC2CC2)C(C)C)ccc1N. The second-order valence-electron chi connectivity index (χ2n) is 5.23. The summed E-state index contributed by atoms with van der Waals surface area (Å²) < 4.78 is 0. The van der Waals surface area contributed by atoms with E-state index in [-0.39, 0.29) is 0 Å². The van der Waals surface area contributed by atoms with E-state index in [2.05, 4.69) is 37.8 Å². The van der Waals surface area contributed by atoms with Crippen LogP contribution in [0.25, 0.3) is 0 Å².